The highest BCUT2D eigenvalue weighted by atomic mass is 16.6. The molecular formula is C18H28N2O3. The highest BCUT2D eigenvalue weighted by Crippen LogP contribution is 2.21. The number of benzene rings is 1. The Morgan fingerprint density at radius 2 is 1.83 bits per heavy atom. The highest BCUT2D eigenvalue weighted by Gasteiger charge is 2.26. The van der Waals surface area contributed by atoms with Crippen molar-refractivity contribution in [2.75, 3.05) is 32.1 Å². The molecule has 1 aliphatic rings. The lowest BCUT2D eigenvalue weighted by molar-refractivity contribution is 0.0188. The molecule has 1 heterocycles. The summed E-state index contributed by atoms with van der Waals surface area (Å²) in [4.78, 5) is 13.9. The summed E-state index contributed by atoms with van der Waals surface area (Å²) >= 11 is 0. The number of nitrogens with one attached hydrogen (secondary N) is 1. The average Bonchev–Trinajstić information content (AvgIpc) is 2.52. The highest BCUT2D eigenvalue weighted by molar-refractivity contribution is 5.68. The Hall–Kier alpha value is -1.91. The maximum atomic E-state index is 12.0. The van der Waals surface area contributed by atoms with E-state index in [0.29, 0.717) is 5.92 Å². The number of hydrogen-bond acceptors (Lipinski definition) is 4. The molecule has 0 spiro atoms. The van der Waals surface area contributed by atoms with Gasteiger partial charge in [0.05, 0.1) is 7.11 Å². The molecule has 1 amide bonds. The second-order valence-corrected chi connectivity index (χ2v) is 7.02. The molecule has 0 aliphatic carbocycles. The number of amides is 1. The number of methoxy groups -OCH3 is 1. The van der Waals surface area contributed by atoms with Gasteiger partial charge < -0.3 is 19.7 Å². The van der Waals surface area contributed by atoms with Crippen LogP contribution in [-0.4, -0.2) is 43.3 Å². The summed E-state index contributed by atoms with van der Waals surface area (Å²) in [6.45, 7) is 8.16. The second-order valence-electron chi connectivity index (χ2n) is 7.02. The second kappa shape index (κ2) is 7.57. The van der Waals surface area contributed by atoms with Crippen LogP contribution < -0.4 is 10.1 Å². The van der Waals surface area contributed by atoms with Gasteiger partial charge in [0, 0.05) is 25.3 Å². The van der Waals surface area contributed by atoms with Gasteiger partial charge in [0.2, 0.25) is 0 Å². The van der Waals surface area contributed by atoms with Crippen molar-refractivity contribution in [3.8, 4) is 5.75 Å². The number of nitrogens with zero attached hydrogens (tertiary/aromatic N) is 1. The van der Waals surface area contributed by atoms with Gasteiger partial charge in [-0.2, -0.15) is 0 Å². The van der Waals surface area contributed by atoms with E-state index in [1.165, 1.54) is 0 Å². The van der Waals surface area contributed by atoms with Gasteiger partial charge in [-0.25, -0.2) is 4.79 Å². The maximum Gasteiger partial charge on any atom is 0.410 e. The third-order valence-corrected chi connectivity index (χ3v) is 3.95. The van der Waals surface area contributed by atoms with Gasteiger partial charge in [-0.3, -0.25) is 0 Å². The van der Waals surface area contributed by atoms with Crippen LogP contribution in [0.25, 0.3) is 0 Å². The SMILES string of the molecule is COc1ccc(NCC2CCN(C(=O)OC(C)(C)C)CC2)cc1. The third-order valence-electron chi connectivity index (χ3n) is 3.95. The number of likely N-dealkylation sites (tertiary alicyclic amines) is 1. The van der Waals surface area contributed by atoms with E-state index in [9.17, 15) is 4.79 Å². The van der Waals surface area contributed by atoms with Crippen molar-refractivity contribution in [3.63, 3.8) is 0 Å². The summed E-state index contributed by atoms with van der Waals surface area (Å²) in [5, 5.41) is 3.46. The summed E-state index contributed by atoms with van der Waals surface area (Å²) in [6, 6.07) is 7.95. The molecule has 5 nitrogen and oxygen atoms in total. The Kier molecular flexibility index (Phi) is 5.74. The minimum absolute atomic E-state index is 0.195. The van der Waals surface area contributed by atoms with Crippen molar-refractivity contribution >= 4 is 11.8 Å². The lowest BCUT2D eigenvalue weighted by atomic mass is 9.97. The Labute approximate surface area is 139 Å². The van der Waals surface area contributed by atoms with Crippen LogP contribution in [0.2, 0.25) is 0 Å². The van der Waals surface area contributed by atoms with Crippen molar-refractivity contribution in [1.82, 2.24) is 4.90 Å². The number of carbonyl (C=O) groups is 1. The van der Waals surface area contributed by atoms with Gasteiger partial charge in [0.25, 0.3) is 0 Å². The minimum atomic E-state index is -0.427. The molecule has 0 saturated carbocycles. The van der Waals surface area contributed by atoms with E-state index in [4.69, 9.17) is 9.47 Å². The van der Waals surface area contributed by atoms with E-state index in [1.54, 1.807) is 7.11 Å². The van der Waals surface area contributed by atoms with Crippen molar-refractivity contribution in [1.29, 1.82) is 0 Å². The normalized spacial score (nSPS) is 16.1. The number of rotatable bonds is 4. The summed E-state index contributed by atoms with van der Waals surface area (Å²) in [6.07, 6.45) is 1.81. The summed E-state index contributed by atoms with van der Waals surface area (Å²) < 4.78 is 10.6. The van der Waals surface area contributed by atoms with Crippen molar-refractivity contribution in [2.24, 2.45) is 5.92 Å². The van der Waals surface area contributed by atoms with Gasteiger partial charge in [-0.05, 0) is 63.8 Å². The van der Waals surface area contributed by atoms with Crippen LogP contribution in [0.3, 0.4) is 0 Å². The molecule has 0 unspecified atom stereocenters. The Balaban J connectivity index is 1.73. The zero-order valence-corrected chi connectivity index (χ0v) is 14.6. The van der Waals surface area contributed by atoms with Gasteiger partial charge >= 0.3 is 6.09 Å². The number of carbonyl (C=O) groups excluding carboxylic acids is 1. The standard InChI is InChI=1S/C18H28N2O3/c1-18(2,3)23-17(21)20-11-9-14(10-12-20)13-19-15-5-7-16(22-4)8-6-15/h5-8,14,19H,9-13H2,1-4H3. The van der Waals surface area contributed by atoms with Gasteiger partial charge in [0.1, 0.15) is 11.4 Å². The predicted molar refractivity (Wildman–Crippen MR) is 92.0 cm³/mol. The van der Waals surface area contributed by atoms with Crippen LogP contribution in [0.5, 0.6) is 5.75 Å². The van der Waals surface area contributed by atoms with Crippen LogP contribution in [-0.2, 0) is 4.74 Å². The van der Waals surface area contributed by atoms with E-state index >= 15 is 0 Å². The molecule has 0 aromatic heterocycles. The van der Waals surface area contributed by atoms with Gasteiger partial charge in [-0.15, -0.1) is 0 Å². The molecule has 23 heavy (non-hydrogen) atoms. The molecule has 2 rings (SSSR count). The molecule has 1 fully saturated rings. The van der Waals surface area contributed by atoms with Crippen LogP contribution in [0, 0.1) is 5.92 Å². The number of ether oxygens (including phenoxy) is 2. The monoisotopic (exact) mass is 320 g/mol. The Morgan fingerprint density at radius 3 is 2.35 bits per heavy atom. The fourth-order valence-corrected chi connectivity index (χ4v) is 2.62. The Bertz CT molecular complexity index is 500. The van der Waals surface area contributed by atoms with Crippen molar-refractivity contribution in [3.05, 3.63) is 24.3 Å². The maximum absolute atomic E-state index is 12.0. The smallest absolute Gasteiger partial charge is 0.410 e. The molecule has 5 heteroatoms. The molecule has 1 N–H and O–H groups in total. The molecule has 1 aliphatic heterocycles. The van der Waals surface area contributed by atoms with Gasteiger partial charge in [0.15, 0.2) is 0 Å². The third kappa shape index (κ3) is 5.66. The lowest BCUT2D eigenvalue weighted by Gasteiger charge is -2.33. The van der Waals surface area contributed by atoms with Crippen LogP contribution in [0.4, 0.5) is 10.5 Å². The fraction of sp³-hybridized carbons (Fsp3) is 0.611. The number of hydrogen-bond donors (Lipinski definition) is 1. The van der Waals surface area contributed by atoms with Crippen LogP contribution in [0.15, 0.2) is 24.3 Å². The quantitative estimate of drug-likeness (QED) is 0.918. The summed E-state index contributed by atoms with van der Waals surface area (Å²) in [7, 11) is 1.67. The van der Waals surface area contributed by atoms with Crippen LogP contribution in [0.1, 0.15) is 33.6 Å². The predicted octanol–water partition coefficient (Wildman–Crippen LogP) is 3.75. The lowest BCUT2D eigenvalue weighted by Crippen LogP contribution is -2.42. The first-order chi connectivity index (χ1) is 10.9. The number of anilines is 1. The first kappa shape index (κ1) is 17.4. The number of piperidine rings is 1. The average molecular weight is 320 g/mol. The molecular weight excluding hydrogens is 292 g/mol. The van der Waals surface area contributed by atoms with Crippen LogP contribution >= 0.6 is 0 Å². The fourth-order valence-electron chi connectivity index (χ4n) is 2.62. The van der Waals surface area contributed by atoms with E-state index in [2.05, 4.69) is 5.32 Å². The first-order valence-electron chi connectivity index (χ1n) is 8.23. The Morgan fingerprint density at radius 1 is 1.22 bits per heavy atom. The summed E-state index contributed by atoms with van der Waals surface area (Å²) in [5.74, 6) is 1.44. The molecule has 128 valence electrons. The molecule has 0 atom stereocenters. The largest absolute Gasteiger partial charge is 0.497 e. The molecule has 1 aromatic carbocycles. The van der Waals surface area contributed by atoms with Crippen molar-refractivity contribution < 1.29 is 14.3 Å². The molecule has 0 radical (unpaired) electrons. The molecule has 1 saturated heterocycles. The zero-order chi connectivity index (χ0) is 16.9. The topological polar surface area (TPSA) is 50.8 Å². The van der Waals surface area contributed by atoms with Crippen molar-refractivity contribution in [2.45, 2.75) is 39.2 Å². The van der Waals surface area contributed by atoms with E-state index < -0.39 is 5.60 Å². The first-order valence-corrected chi connectivity index (χ1v) is 8.23. The zero-order valence-electron chi connectivity index (χ0n) is 14.6. The van der Waals surface area contributed by atoms with E-state index in [1.807, 2.05) is 49.9 Å². The summed E-state index contributed by atoms with van der Waals surface area (Å²) in [5.41, 5.74) is 0.671. The molecule has 0 bridgehead atoms. The van der Waals surface area contributed by atoms with E-state index in [-0.39, 0.29) is 6.09 Å². The minimum Gasteiger partial charge on any atom is -0.497 e. The van der Waals surface area contributed by atoms with Gasteiger partial charge in [-0.1, -0.05) is 0 Å². The molecule has 1 aromatic rings. The van der Waals surface area contributed by atoms with E-state index in [0.717, 1.165) is 43.9 Å².